The third-order valence-corrected chi connectivity index (χ3v) is 6.02. The van der Waals surface area contributed by atoms with Crippen molar-refractivity contribution in [1.29, 1.82) is 0 Å². The van der Waals surface area contributed by atoms with Crippen LogP contribution in [0.4, 0.5) is 5.00 Å². The summed E-state index contributed by atoms with van der Waals surface area (Å²) in [5, 5.41) is 4.49. The van der Waals surface area contributed by atoms with Crippen LogP contribution in [0.1, 0.15) is 27.1 Å². The van der Waals surface area contributed by atoms with E-state index < -0.39 is 0 Å². The maximum Gasteiger partial charge on any atom is 0.246 e. The summed E-state index contributed by atoms with van der Waals surface area (Å²) in [6, 6.07) is 18.4. The Bertz CT molecular complexity index is 1020. The molecular weight excluding hydrogens is 376 g/mol. The molecule has 3 aromatic rings. The average molecular weight is 395 g/mol. The second-order valence-electron chi connectivity index (χ2n) is 6.63. The van der Waals surface area contributed by atoms with Gasteiger partial charge in [0, 0.05) is 21.0 Å². The van der Waals surface area contributed by atoms with E-state index in [2.05, 4.69) is 47.6 Å². The largest absolute Gasteiger partial charge is 0.316 e. The van der Waals surface area contributed by atoms with Crippen molar-refractivity contribution in [2.45, 2.75) is 19.8 Å². The van der Waals surface area contributed by atoms with Crippen LogP contribution in [0.25, 0.3) is 0 Å². The van der Waals surface area contributed by atoms with Crippen LogP contribution in [0.5, 0.6) is 0 Å². The molecule has 0 spiro atoms. The van der Waals surface area contributed by atoms with Crippen LogP contribution < -0.4 is 5.32 Å². The normalized spacial score (nSPS) is 13.6. The molecule has 2 aromatic carbocycles. The maximum atomic E-state index is 12.1. The fourth-order valence-corrected chi connectivity index (χ4v) is 4.44. The number of amides is 1. The van der Waals surface area contributed by atoms with Gasteiger partial charge in [0.15, 0.2) is 0 Å². The van der Waals surface area contributed by atoms with Gasteiger partial charge in [0.2, 0.25) is 5.91 Å². The smallest absolute Gasteiger partial charge is 0.246 e. The molecule has 4 rings (SSSR count). The first kappa shape index (κ1) is 18.0. The fourth-order valence-electron chi connectivity index (χ4n) is 3.14. The van der Waals surface area contributed by atoms with E-state index in [1.807, 2.05) is 24.3 Å². The summed E-state index contributed by atoms with van der Waals surface area (Å²) < 4.78 is 0. The zero-order valence-corrected chi connectivity index (χ0v) is 16.5. The van der Waals surface area contributed by atoms with Crippen molar-refractivity contribution >= 4 is 39.6 Å². The first-order valence-electron chi connectivity index (χ1n) is 8.88. The Morgan fingerprint density at radius 1 is 1.07 bits per heavy atom. The lowest BCUT2D eigenvalue weighted by molar-refractivity contribution is -0.114. The highest BCUT2D eigenvalue weighted by Gasteiger charge is 2.22. The number of nitrogens with one attached hydrogen (secondary N) is 1. The summed E-state index contributed by atoms with van der Waals surface area (Å²) in [4.78, 5) is 17.9. The Kier molecular flexibility index (Phi) is 5.10. The van der Waals surface area contributed by atoms with E-state index in [0.29, 0.717) is 5.02 Å². The zero-order valence-electron chi connectivity index (χ0n) is 15.0. The molecule has 0 atom stereocenters. The number of rotatable bonds is 4. The number of thiophene rings is 1. The molecule has 0 saturated carbocycles. The second kappa shape index (κ2) is 7.67. The molecule has 0 radical (unpaired) electrons. The minimum atomic E-state index is -0.0924. The molecule has 3 nitrogen and oxygen atoms in total. The van der Waals surface area contributed by atoms with Crippen molar-refractivity contribution in [2.24, 2.45) is 4.99 Å². The molecule has 0 saturated heterocycles. The highest BCUT2D eigenvalue weighted by atomic mass is 35.5. The van der Waals surface area contributed by atoms with E-state index in [1.54, 1.807) is 11.3 Å². The van der Waals surface area contributed by atoms with Gasteiger partial charge in [-0.1, -0.05) is 59.6 Å². The van der Waals surface area contributed by atoms with Gasteiger partial charge in [0.05, 0.1) is 5.71 Å². The number of carbonyl (C=O) groups excluding carboxylic acids is 1. The standard InChI is InChI=1S/C22H19ClN2OS/c1-14-6-8-15(9-7-14)10-11-16-12-18-21(17-4-2-3-5-19(17)23)24-13-20(26)25-22(18)27-16/h2-9,12H,10-11,13H2,1H3,(H,25,26). The molecule has 2 heterocycles. The summed E-state index contributed by atoms with van der Waals surface area (Å²) in [6.07, 6.45) is 1.89. The van der Waals surface area contributed by atoms with Crippen molar-refractivity contribution < 1.29 is 4.79 Å². The van der Waals surface area contributed by atoms with Gasteiger partial charge >= 0.3 is 0 Å². The molecule has 1 aromatic heterocycles. The summed E-state index contributed by atoms with van der Waals surface area (Å²) in [5.74, 6) is -0.0924. The molecule has 0 fully saturated rings. The van der Waals surface area contributed by atoms with Gasteiger partial charge in [-0.05, 0) is 37.5 Å². The summed E-state index contributed by atoms with van der Waals surface area (Å²) in [6.45, 7) is 2.21. The Balaban J connectivity index is 1.64. The number of hydrogen-bond acceptors (Lipinski definition) is 3. The maximum absolute atomic E-state index is 12.1. The van der Waals surface area contributed by atoms with E-state index in [0.717, 1.165) is 34.7 Å². The van der Waals surface area contributed by atoms with E-state index in [-0.39, 0.29) is 12.5 Å². The number of halogens is 1. The topological polar surface area (TPSA) is 41.5 Å². The van der Waals surface area contributed by atoms with E-state index in [1.165, 1.54) is 16.0 Å². The quantitative estimate of drug-likeness (QED) is 0.642. The van der Waals surface area contributed by atoms with Crippen molar-refractivity contribution in [3.63, 3.8) is 0 Å². The number of nitrogens with zero attached hydrogens (tertiary/aromatic N) is 1. The number of aliphatic imine (C=N–C) groups is 1. The van der Waals surface area contributed by atoms with Gasteiger partial charge in [-0.2, -0.15) is 0 Å². The van der Waals surface area contributed by atoms with E-state index >= 15 is 0 Å². The van der Waals surface area contributed by atoms with Gasteiger partial charge < -0.3 is 5.32 Å². The van der Waals surface area contributed by atoms with Gasteiger partial charge in [0.25, 0.3) is 0 Å². The fraction of sp³-hybridized carbons (Fsp3) is 0.182. The van der Waals surface area contributed by atoms with Gasteiger partial charge in [-0.15, -0.1) is 11.3 Å². The molecule has 5 heteroatoms. The van der Waals surface area contributed by atoms with Gasteiger partial charge in [-0.25, -0.2) is 0 Å². The van der Waals surface area contributed by atoms with Crippen LogP contribution in [-0.2, 0) is 17.6 Å². The van der Waals surface area contributed by atoms with E-state index in [4.69, 9.17) is 11.6 Å². The Hall–Kier alpha value is -2.43. The lowest BCUT2D eigenvalue weighted by atomic mass is 10.0. The van der Waals surface area contributed by atoms with Crippen LogP contribution in [0.2, 0.25) is 5.02 Å². The van der Waals surface area contributed by atoms with Gasteiger partial charge in [-0.3, -0.25) is 9.79 Å². The van der Waals surface area contributed by atoms with Crippen molar-refractivity contribution in [3.8, 4) is 0 Å². The zero-order chi connectivity index (χ0) is 18.8. The number of carbonyl (C=O) groups is 1. The van der Waals surface area contributed by atoms with Crippen molar-refractivity contribution in [3.05, 3.63) is 86.8 Å². The SMILES string of the molecule is Cc1ccc(CCc2cc3c(s2)NC(=O)CN=C3c2ccccc2Cl)cc1. The van der Waals surface area contributed by atoms with Crippen LogP contribution in [0.3, 0.4) is 0 Å². The van der Waals surface area contributed by atoms with Crippen molar-refractivity contribution in [2.75, 3.05) is 11.9 Å². The predicted molar refractivity (Wildman–Crippen MR) is 113 cm³/mol. The lowest BCUT2D eigenvalue weighted by Crippen LogP contribution is -2.12. The Morgan fingerprint density at radius 3 is 2.63 bits per heavy atom. The van der Waals surface area contributed by atoms with Crippen LogP contribution in [0, 0.1) is 6.92 Å². The van der Waals surface area contributed by atoms with Crippen LogP contribution in [0.15, 0.2) is 59.6 Å². The summed E-state index contributed by atoms with van der Waals surface area (Å²) >= 11 is 8.01. The average Bonchev–Trinajstić information content (AvgIpc) is 2.98. The van der Waals surface area contributed by atoms with Crippen LogP contribution in [-0.4, -0.2) is 18.2 Å². The molecule has 136 valence electrons. The Labute approximate surface area is 167 Å². The summed E-state index contributed by atoms with van der Waals surface area (Å²) in [7, 11) is 0. The predicted octanol–water partition coefficient (Wildman–Crippen LogP) is 5.28. The number of fused-ring (bicyclic) bond motifs is 1. The molecule has 1 amide bonds. The van der Waals surface area contributed by atoms with Crippen LogP contribution >= 0.6 is 22.9 Å². The third kappa shape index (κ3) is 3.97. The number of hydrogen-bond donors (Lipinski definition) is 1. The molecule has 1 aliphatic heterocycles. The lowest BCUT2D eigenvalue weighted by Gasteiger charge is -2.07. The molecule has 0 bridgehead atoms. The second-order valence-corrected chi connectivity index (χ2v) is 8.18. The van der Waals surface area contributed by atoms with E-state index in [9.17, 15) is 4.79 Å². The highest BCUT2D eigenvalue weighted by molar-refractivity contribution is 7.16. The van der Waals surface area contributed by atoms with Gasteiger partial charge in [0.1, 0.15) is 11.5 Å². The molecule has 0 aliphatic carbocycles. The molecule has 1 aliphatic rings. The molecule has 27 heavy (non-hydrogen) atoms. The van der Waals surface area contributed by atoms with Crippen molar-refractivity contribution in [1.82, 2.24) is 0 Å². The monoisotopic (exact) mass is 394 g/mol. The highest BCUT2D eigenvalue weighted by Crippen LogP contribution is 2.34. The number of aryl methyl sites for hydroxylation is 3. The number of benzene rings is 2. The minimum Gasteiger partial charge on any atom is -0.316 e. The molecule has 1 N–H and O–H groups in total. The summed E-state index contributed by atoms with van der Waals surface area (Å²) in [5.41, 5.74) is 5.18. The third-order valence-electron chi connectivity index (χ3n) is 4.58. The first-order chi connectivity index (χ1) is 13.1. The molecular formula is C22H19ClN2OS. The Morgan fingerprint density at radius 2 is 1.85 bits per heavy atom. The number of anilines is 1. The first-order valence-corrected chi connectivity index (χ1v) is 10.1. The molecule has 0 unspecified atom stereocenters. The minimum absolute atomic E-state index is 0.0924.